The van der Waals surface area contributed by atoms with E-state index < -0.39 is 0 Å². The van der Waals surface area contributed by atoms with E-state index in [1.54, 1.807) is 0 Å². The highest BCUT2D eigenvalue weighted by Gasteiger charge is 1.90. The molecule has 0 aliphatic rings. The molecule has 0 atom stereocenters. The maximum atomic E-state index is 12.8. The van der Waals surface area contributed by atoms with Gasteiger partial charge >= 0.3 is 0 Å². The summed E-state index contributed by atoms with van der Waals surface area (Å²) >= 11 is 0. The first kappa shape index (κ1) is 10.8. The Labute approximate surface area is 73.0 Å². The molecule has 0 fully saturated rings. The number of hydrogen-bond acceptors (Lipinski definition) is 1. The van der Waals surface area contributed by atoms with Gasteiger partial charge in [0.1, 0.15) is 5.83 Å². The van der Waals surface area contributed by atoms with Crippen molar-refractivity contribution in [2.24, 2.45) is 4.99 Å². The van der Waals surface area contributed by atoms with Crippen LogP contribution in [-0.4, -0.2) is 6.72 Å². The maximum absolute atomic E-state index is 12.8. The van der Waals surface area contributed by atoms with Crippen LogP contribution in [0.2, 0.25) is 0 Å². The van der Waals surface area contributed by atoms with Crippen molar-refractivity contribution in [1.82, 2.24) is 0 Å². The van der Waals surface area contributed by atoms with E-state index in [0.29, 0.717) is 0 Å². The normalized spacial score (nSPS) is 13.9. The Morgan fingerprint density at radius 3 is 2.67 bits per heavy atom. The summed E-state index contributed by atoms with van der Waals surface area (Å²) in [5.41, 5.74) is 0.940. The van der Waals surface area contributed by atoms with Crippen LogP contribution in [0.4, 0.5) is 4.39 Å². The highest BCUT2D eigenvalue weighted by Crippen LogP contribution is 2.08. The van der Waals surface area contributed by atoms with Gasteiger partial charge in [0.05, 0.1) is 6.20 Å². The summed E-state index contributed by atoms with van der Waals surface area (Å²) in [6.07, 6.45) is 7.11. The third kappa shape index (κ3) is 4.61. The Kier molecular flexibility index (Phi) is 5.88. The molecule has 0 saturated heterocycles. The lowest BCUT2D eigenvalue weighted by Gasteiger charge is -1.94. The van der Waals surface area contributed by atoms with Crippen LogP contribution >= 0.6 is 0 Å². The second kappa shape index (κ2) is 6.53. The molecule has 0 unspecified atom stereocenters. The van der Waals surface area contributed by atoms with E-state index in [1.165, 1.54) is 6.08 Å². The first-order valence-corrected chi connectivity index (χ1v) is 3.89. The molecular formula is C10H14FN. The molecule has 0 aromatic rings. The molecule has 0 N–H and O–H groups in total. The quantitative estimate of drug-likeness (QED) is 0.449. The van der Waals surface area contributed by atoms with Crippen molar-refractivity contribution in [2.75, 3.05) is 0 Å². The predicted molar refractivity (Wildman–Crippen MR) is 51.9 cm³/mol. The lowest BCUT2D eigenvalue weighted by atomic mass is 10.2. The fraction of sp³-hybridized carbons (Fsp3) is 0.300. The molecule has 0 radical (unpaired) electrons. The molecule has 0 aromatic heterocycles. The van der Waals surface area contributed by atoms with E-state index in [9.17, 15) is 4.39 Å². The highest BCUT2D eigenvalue weighted by molar-refractivity contribution is 5.30. The van der Waals surface area contributed by atoms with Gasteiger partial charge < -0.3 is 0 Å². The molecule has 0 aliphatic carbocycles. The standard InChI is InChI=1S/C10H14FN/c1-4-6-9(5-2)7-10(11)8-12-3/h4,6-8H,3,5H2,1-2H3/b6-4-,9-7+,10-8+. The van der Waals surface area contributed by atoms with Crippen LogP contribution in [0.25, 0.3) is 0 Å². The van der Waals surface area contributed by atoms with Crippen LogP contribution < -0.4 is 0 Å². The van der Waals surface area contributed by atoms with E-state index in [-0.39, 0.29) is 5.83 Å². The second-order valence-corrected chi connectivity index (χ2v) is 2.27. The van der Waals surface area contributed by atoms with Gasteiger partial charge in [-0.05, 0) is 31.7 Å². The summed E-state index contributed by atoms with van der Waals surface area (Å²) in [6.45, 7) is 7.04. The minimum Gasteiger partial charge on any atom is -0.269 e. The Bertz CT molecular complexity index is 224. The molecule has 12 heavy (non-hydrogen) atoms. The lowest BCUT2D eigenvalue weighted by Crippen LogP contribution is -1.75. The van der Waals surface area contributed by atoms with E-state index in [1.807, 2.05) is 26.0 Å². The van der Waals surface area contributed by atoms with Gasteiger partial charge in [-0.3, -0.25) is 4.99 Å². The molecular weight excluding hydrogens is 153 g/mol. The molecule has 1 nitrogen and oxygen atoms in total. The number of allylic oxidation sites excluding steroid dienone is 5. The topological polar surface area (TPSA) is 12.4 Å². The number of rotatable bonds is 4. The van der Waals surface area contributed by atoms with Crippen molar-refractivity contribution in [2.45, 2.75) is 20.3 Å². The van der Waals surface area contributed by atoms with Crippen LogP contribution in [0.3, 0.4) is 0 Å². The molecule has 0 rings (SSSR count). The van der Waals surface area contributed by atoms with Gasteiger partial charge in [-0.1, -0.05) is 19.1 Å². The van der Waals surface area contributed by atoms with E-state index in [4.69, 9.17) is 0 Å². The molecule has 0 amide bonds. The Balaban J connectivity index is 4.47. The van der Waals surface area contributed by atoms with Gasteiger partial charge in [-0.25, -0.2) is 4.39 Å². The van der Waals surface area contributed by atoms with Gasteiger partial charge in [0.2, 0.25) is 0 Å². The fourth-order valence-electron chi connectivity index (χ4n) is 0.784. The monoisotopic (exact) mass is 167 g/mol. The van der Waals surface area contributed by atoms with Crippen molar-refractivity contribution in [3.63, 3.8) is 0 Å². The highest BCUT2D eigenvalue weighted by atomic mass is 19.1. The van der Waals surface area contributed by atoms with Crippen molar-refractivity contribution < 1.29 is 4.39 Å². The zero-order chi connectivity index (χ0) is 9.40. The first-order valence-electron chi connectivity index (χ1n) is 3.89. The molecule has 66 valence electrons. The molecule has 0 aliphatic heterocycles. The SMILES string of the molecule is C=N\C=C(F)/C=C(/C=C\C)CC. The number of halogens is 1. The maximum Gasteiger partial charge on any atom is 0.141 e. The number of aliphatic imine (C=N–C) groups is 1. The fourth-order valence-corrected chi connectivity index (χ4v) is 0.784. The van der Waals surface area contributed by atoms with Crippen LogP contribution in [0, 0.1) is 0 Å². The lowest BCUT2D eigenvalue weighted by molar-refractivity contribution is 0.662. The van der Waals surface area contributed by atoms with Crippen LogP contribution in [-0.2, 0) is 0 Å². The van der Waals surface area contributed by atoms with E-state index >= 15 is 0 Å². The van der Waals surface area contributed by atoms with Crippen LogP contribution in [0.5, 0.6) is 0 Å². The van der Waals surface area contributed by atoms with Gasteiger partial charge in [0, 0.05) is 0 Å². The molecule has 2 heteroatoms. The summed E-state index contributed by atoms with van der Waals surface area (Å²) in [5, 5.41) is 0. The van der Waals surface area contributed by atoms with Crippen LogP contribution in [0.15, 0.2) is 40.8 Å². The van der Waals surface area contributed by atoms with Gasteiger partial charge in [0.25, 0.3) is 0 Å². The summed E-state index contributed by atoms with van der Waals surface area (Å²) < 4.78 is 12.8. The number of hydrogen-bond donors (Lipinski definition) is 0. The van der Waals surface area contributed by atoms with Crippen molar-refractivity contribution in [3.8, 4) is 0 Å². The first-order chi connectivity index (χ1) is 5.74. The third-order valence-corrected chi connectivity index (χ3v) is 1.33. The summed E-state index contributed by atoms with van der Waals surface area (Å²) in [4.78, 5) is 3.33. The predicted octanol–water partition coefficient (Wildman–Crippen LogP) is 3.41. The van der Waals surface area contributed by atoms with Gasteiger partial charge in [-0.15, -0.1) is 0 Å². The minimum atomic E-state index is -0.361. The average molecular weight is 167 g/mol. The van der Waals surface area contributed by atoms with Gasteiger partial charge in [0.15, 0.2) is 0 Å². The van der Waals surface area contributed by atoms with Crippen molar-refractivity contribution in [3.05, 3.63) is 35.8 Å². The summed E-state index contributed by atoms with van der Waals surface area (Å²) in [7, 11) is 0. The van der Waals surface area contributed by atoms with E-state index in [2.05, 4.69) is 11.7 Å². The zero-order valence-corrected chi connectivity index (χ0v) is 7.55. The smallest absolute Gasteiger partial charge is 0.141 e. The van der Waals surface area contributed by atoms with Gasteiger partial charge in [-0.2, -0.15) is 0 Å². The Morgan fingerprint density at radius 1 is 1.58 bits per heavy atom. The van der Waals surface area contributed by atoms with Crippen LogP contribution in [0.1, 0.15) is 20.3 Å². The Hall–Kier alpha value is -1.18. The average Bonchev–Trinajstić information content (AvgIpc) is 2.04. The molecule has 0 bridgehead atoms. The number of nitrogens with zero attached hydrogens (tertiary/aromatic N) is 1. The Morgan fingerprint density at radius 2 is 2.25 bits per heavy atom. The third-order valence-electron chi connectivity index (χ3n) is 1.33. The summed E-state index contributed by atoms with van der Waals surface area (Å²) in [5.74, 6) is -0.361. The van der Waals surface area contributed by atoms with E-state index in [0.717, 1.165) is 18.2 Å². The second-order valence-electron chi connectivity index (χ2n) is 2.27. The summed E-state index contributed by atoms with van der Waals surface area (Å²) in [6, 6.07) is 0. The largest absolute Gasteiger partial charge is 0.269 e. The van der Waals surface area contributed by atoms with Crippen molar-refractivity contribution >= 4 is 6.72 Å². The minimum absolute atomic E-state index is 0.361. The molecule has 0 heterocycles. The van der Waals surface area contributed by atoms with Crippen molar-refractivity contribution in [1.29, 1.82) is 0 Å². The molecule has 0 saturated carbocycles. The molecule has 0 spiro atoms. The molecule has 0 aromatic carbocycles. The zero-order valence-electron chi connectivity index (χ0n) is 7.55.